The Bertz CT molecular complexity index is 811. The van der Waals surface area contributed by atoms with Gasteiger partial charge in [0.25, 0.3) is 0 Å². The molecule has 0 unspecified atom stereocenters. The van der Waals surface area contributed by atoms with Gasteiger partial charge in [0.05, 0.1) is 19.8 Å². The molecule has 0 atom stereocenters. The summed E-state index contributed by atoms with van der Waals surface area (Å²) in [7, 11) is 0. The molecule has 192 valence electrons. The lowest BCUT2D eigenvalue weighted by Gasteiger charge is -2.46. The van der Waals surface area contributed by atoms with Gasteiger partial charge in [-0.2, -0.15) is 0 Å². The second kappa shape index (κ2) is 11.2. The Morgan fingerprint density at radius 3 is 2.15 bits per heavy atom. The van der Waals surface area contributed by atoms with Crippen LogP contribution in [0.2, 0.25) is 0 Å². The maximum absolute atomic E-state index is 11.9. The van der Waals surface area contributed by atoms with Gasteiger partial charge in [0, 0.05) is 57.1 Å². The number of anilines is 2. The van der Waals surface area contributed by atoms with E-state index in [-0.39, 0.29) is 12.4 Å². The molecule has 1 aliphatic carbocycles. The van der Waals surface area contributed by atoms with E-state index >= 15 is 0 Å². The third kappa shape index (κ3) is 6.67. The van der Waals surface area contributed by atoms with Crippen LogP contribution in [0.3, 0.4) is 0 Å². The first kappa shape index (κ1) is 27.3. The van der Waals surface area contributed by atoms with Crippen molar-refractivity contribution >= 4 is 29.6 Å². The molecule has 3 fully saturated rings. The van der Waals surface area contributed by atoms with Crippen LogP contribution in [0.25, 0.3) is 0 Å². The molecule has 0 bridgehead atoms. The standard InChI is InChI=1S/C28H45N3O2.ClH/c1-6-24(32)20-29-9-11-31(12-10-29)26-8-7-23(30-13-15-33-16-14-30)17-25(26)22-18-27(2,3)21-28(4,5)19-22;/h7-8,17,22H,6,9-16,18-21H2,1-5H3;1H. The number of carbonyl (C=O) groups excluding carboxylic acids is 1. The minimum absolute atomic E-state index is 0. The van der Waals surface area contributed by atoms with Crippen LogP contribution in [0.1, 0.15) is 71.8 Å². The number of carbonyl (C=O) groups is 1. The second-order valence-electron chi connectivity index (χ2n) is 12.1. The molecule has 0 N–H and O–H groups in total. The summed E-state index contributed by atoms with van der Waals surface area (Å²) in [6, 6.07) is 7.23. The Kier molecular flexibility index (Phi) is 8.97. The van der Waals surface area contributed by atoms with Crippen LogP contribution in [-0.2, 0) is 9.53 Å². The molecular weight excluding hydrogens is 446 g/mol. The number of hydrogen-bond donors (Lipinski definition) is 0. The molecule has 34 heavy (non-hydrogen) atoms. The molecule has 0 radical (unpaired) electrons. The van der Waals surface area contributed by atoms with Gasteiger partial charge in [-0.05, 0) is 59.8 Å². The topological polar surface area (TPSA) is 36.0 Å². The number of rotatable bonds is 6. The minimum Gasteiger partial charge on any atom is -0.378 e. The Morgan fingerprint density at radius 1 is 0.941 bits per heavy atom. The molecule has 6 heteroatoms. The van der Waals surface area contributed by atoms with E-state index in [2.05, 4.69) is 60.6 Å². The third-order valence-electron chi connectivity index (χ3n) is 7.89. The lowest BCUT2D eigenvalue weighted by molar-refractivity contribution is -0.119. The predicted molar refractivity (Wildman–Crippen MR) is 145 cm³/mol. The van der Waals surface area contributed by atoms with E-state index in [4.69, 9.17) is 4.74 Å². The number of morpholine rings is 1. The predicted octanol–water partition coefficient (Wildman–Crippen LogP) is 5.37. The highest BCUT2D eigenvalue weighted by Crippen LogP contribution is 2.53. The zero-order valence-electron chi connectivity index (χ0n) is 22.1. The molecule has 1 saturated carbocycles. The van der Waals surface area contributed by atoms with E-state index < -0.39 is 0 Å². The Balaban J connectivity index is 0.00000324. The largest absolute Gasteiger partial charge is 0.378 e. The van der Waals surface area contributed by atoms with E-state index in [0.29, 0.717) is 35.5 Å². The number of ether oxygens (including phenoxy) is 1. The van der Waals surface area contributed by atoms with Crippen molar-refractivity contribution in [3.8, 4) is 0 Å². The summed E-state index contributed by atoms with van der Waals surface area (Å²) < 4.78 is 5.61. The van der Waals surface area contributed by atoms with Gasteiger partial charge < -0.3 is 14.5 Å². The Labute approximate surface area is 213 Å². The van der Waals surface area contributed by atoms with Crippen molar-refractivity contribution in [1.29, 1.82) is 0 Å². The van der Waals surface area contributed by atoms with Crippen molar-refractivity contribution in [2.24, 2.45) is 10.8 Å². The number of hydrogen-bond acceptors (Lipinski definition) is 5. The van der Waals surface area contributed by atoms with Gasteiger partial charge in [-0.15, -0.1) is 12.4 Å². The molecule has 5 nitrogen and oxygen atoms in total. The van der Waals surface area contributed by atoms with Crippen LogP contribution >= 0.6 is 12.4 Å². The molecule has 2 aliphatic heterocycles. The summed E-state index contributed by atoms with van der Waals surface area (Å²) in [4.78, 5) is 19.3. The number of nitrogens with zero attached hydrogens (tertiary/aromatic N) is 3. The molecule has 0 spiro atoms. The van der Waals surface area contributed by atoms with Gasteiger partial charge in [-0.1, -0.05) is 34.6 Å². The zero-order valence-corrected chi connectivity index (χ0v) is 22.9. The molecular formula is C28H46ClN3O2. The third-order valence-corrected chi connectivity index (χ3v) is 7.89. The van der Waals surface area contributed by atoms with Crippen molar-refractivity contribution in [2.45, 2.75) is 66.2 Å². The summed E-state index contributed by atoms with van der Waals surface area (Å²) >= 11 is 0. The lowest BCUT2D eigenvalue weighted by Crippen LogP contribution is -2.48. The normalized spacial score (nSPS) is 23.4. The van der Waals surface area contributed by atoms with Crippen LogP contribution in [0.5, 0.6) is 0 Å². The van der Waals surface area contributed by atoms with Crippen LogP contribution in [0, 0.1) is 10.8 Å². The first-order valence-corrected chi connectivity index (χ1v) is 13.1. The van der Waals surface area contributed by atoms with Crippen LogP contribution in [0.15, 0.2) is 18.2 Å². The van der Waals surface area contributed by atoms with E-state index in [0.717, 1.165) is 52.5 Å². The molecule has 3 aliphatic rings. The van der Waals surface area contributed by atoms with Crippen molar-refractivity contribution in [2.75, 3.05) is 68.8 Å². The second-order valence-corrected chi connectivity index (χ2v) is 12.1. The van der Waals surface area contributed by atoms with Gasteiger partial charge >= 0.3 is 0 Å². The zero-order chi connectivity index (χ0) is 23.6. The number of halogens is 1. The van der Waals surface area contributed by atoms with Crippen molar-refractivity contribution in [3.05, 3.63) is 23.8 Å². The van der Waals surface area contributed by atoms with E-state index in [1.54, 1.807) is 0 Å². The fourth-order valence-electron chi connectivity index (χ4n) is 6.75. The Morgan fingerprint density at radius 2 is 1.56 bits per heavy atom. The molecule has 0 aromatic heterocycles. The Hall–Kier alpha value is -1.30. The highest BCUT2D eigenvalue weighted by atomic mass is 35.5. The smallest absolute Gasteiger partial charge is 0.146 e. The summed E-state index contributed by atoms with van der Waals surface area (Å²) in [6.07, 6.45) is 4.43. The summed E-state index contributed by atoms with van der Waals surface area (Å²) in [5, 5.41) is 0. The SMILES string of the molecule is CCC(=O)CN1CCN(c2ccc(N3CCOCC3)cc2C2CC(C)(C)CC(C)(C)C2)CC1.Cl. The molecule has 1 aromatic carbocycles. The number of piperazine rings is 1. The quantitative estimate of drug-likeness (QED) is 0.534. The highest BCUT2D eigenvalue weighted by Gasteiger charge is 2.40. The fourth-order valence-corrected chi connectivity index (χ4v) is 6.75. The van der Waals surface area contributed by atoms with Gasteiger partial charge in [0.15, 0.2) is 0 Å². The van der Waals surface area contributed by atoms with Crippen LogP contribution in [0.4, 0.5) is 11.4 Å². The van der Waals surface area contributed by atoms with Gasteiger partial charge in [0.2, 0.25) is 0 Å². The average molecular weight is 492 g/mol. The van der Waals surface area contributed by atoms with E-state index in [1.165, 1.54) is 36.2 Å². The summed E-state index contributed by atoms with van der Waals surface area (Å²) in [5.74, 6) is 0.935. The highest BCUT2D eigenvalue weighted by molar-refractivity contribution is 5.85. The summed E-state index contributed by atoms with van der Waals surface area (Å²) in [5.41, 5.74) is 5.03. The van der Waals surface area contributed by atoms with Crippen molar-refractivity contribution in [1.82, 2.24) is 4.90 Å². The van der Waals surface area contributed by atoms with Crippen LogP contribution in [-0.4, -0.2) is 69.7 Å². The van der Waals surface area contributed by atoms with E-state index in [1.807, 2.05) is 6.92 Å². The molecule has 1 aromatic rings. The number of ketones is 1. The first-order chi connectivity index (χ1) is 15.7. The fraction of sp³-hybridized carbons (Fsp3) is 0.750. The van der Waals surface area contributed by atoms with Crippen LogP contribution < -0.4 is 9.80 Å². The monoisotopic (exact) mass is 491 g/mol. The van der Waals surface area contributed by atoms with Gasteiger partial charge in [-0.3, -0.25) is 9.69 Å². The van der Waals surface area contributed by atoms with Crippen molar-refractivity contribution in [3.63, 3.8) is 0 Å². The first-order valence-electron chi connectivity index (χ1n) is 13.1. The number of Topliss-reactive ketones (excluding diaryl/α,β-unsaturated/α-hetero) is 1. The summed E-state index contributed by atoms with van der Waals surface area (Å²) in [6.45, 7) is 19.9. The van der Waals surface area contributed by atoms with Crippen molar-refractivity contribution < 1.29 is 9.53 Å². The maximum Gasteiger partial charge on any atom is 0.146 e. The maximum atomic E-state index is 11.9. The molecule has 0 amide bonds. The van der Waals surface area contributed by atoms with Gasteiger partial charge in [0.1, 0.15) is 5.78 Å². The van der Waals surface area contributed by atoms with Gasteiger partial charge in [-0.25, -0.2) is 0 Å². The molecule has 4 rings (SSSR count). The average Bonchev–Trinajstić information content (AvgIpc) is 2.78. The number of benzene rings is 1. The minimum atomic E-state index is 0. The molecule has 2 saturated heterocycles. The van der Waals surface area contributed by atoms with E-state index in [9.17, 15) is 4.79 Å². The lowest BCUT2D eigenvalue weighted by atomic mass is 9.60. The molecule has 2 heterocycles.